The number of hydrogen-bond donors (Lipinski definition) is 1. The summed E-state index contributed by atoms with van der Waals surface area (Å²) in [6.45, 7) is 2.31. The van der Waals surface area contributed by atoms with Crippen LogP contribution < -0.4 is 10.1 Å². The minimum absolute atomic E-state index is 0.349. The summed E-state index contributed by atoms with van der Waals surface area (Å²) >= 11 is 0. The first-order chi connectivity index (χ1) is 10.3. The van der Waals surface area contributed by atoms with E-state index in [2.05, 4.69) is 28.4 Å². The smallest absolute Gasteiger partial charge is 0.137 e. The Bertz CT molecular complexity index is 569. The van der Waals surface area contributed by atoms with Gasteiger partial charge < -0.3 is 10.1 Å². The molecule has 3 atom stereocenters. The SMILES string of the molecule is COc1cccc(NC2CCC(C)CC2n2cncn2)c1. The first-order valence-electron chi connectivity index (χ1n) is 7.51. The van der Waals surface area contributed by atoms with Gasteiger partial charge in [-0.1, -0.05) is 13.0 Å². The van der Waals surface area contributed by atoms with Gasteiger partial charge >= 0.3 is 0 Å². The van der Waals surface area contributed by atoms with E-state index in [9.17, 15) is 0 Å². The molecule has 0 amide bonds. The Labute approximate surface area is 125 Å². The van der Waals surface area contributed by atoms with Crippen molar-refractivity contribution < 1.29 is 4.74 Å². The van der Waals surface area contributed by atoms with Crippen LogP contribution in [0.2, 0.25) is 0 Å². The molecular weight excluding hydrogens is 264 g/mol. The highest BCUT2D eigenvalue weighted by Crippen LogP contribution is 2.34. The van der Waals surface area contributed by atoms with Crippen molar-refractivity contribution in [2.24, 2.45) is 5.92 Å². The first kappa shape index (κ1) is 13.9. The average molecular weight is 286 g/mol. The van der Waals surface area contributed by atoms with E-state index in [4.69, 9.17) is 4.74 Å². The molecule has 0 radical (unpaired) electrons. The predicted molar refractivity (Wildman–Crippen MR) is 82.5 cm³/mol. The van der Waals surface area contributed by atoms with Gasteiger partial charge in [0.25, 0.3) is 0 Å². The zero-order valence-corrected chi connectivity index (χ0v) is 12.6. The topological polar surface area (TPSA) is 52.0 Å². The van der Waals surface area contributed by atoms with E-state index < -0.39 is 0 Å². The van der Waals surface area contributed by atoms with Crippen LogP contribution in [0.5, 0.6) is 5.75 Å². The molecule has 1 heterocycles. The highest BCUT2D eigenvalue weighted by molar-refractivity contribution is 5.49. The van der Waals surface area contributed by atoms with Crippen LogP contribution >= 0.6 is 0 Å². The van der Waals surface area contributed by atoms with Gasteiger partial charge in [0.05, 0.1) is 13.2 Å². The third-order valence-electron chi connectivity index (χ3n) is 4.28. The van der Waals surface area contributed by atoms with Gasteiger partial charge in [-0.25, -0.2) is 9.67 Å². The van der Waals surface area contributed by atoms with Crippen molar-refractivity contribution >= 4 is 5.69 Å². The third kappa shape index (κ3) is 3.17. The molecule has 5 nitrogen and oxygen atoms in total. The number of aromatic nitrogens is 3. The lowest BCUT2D eigenvalue weighted by Gasteiger charge is -2.35. The maximum Gasteiger partial charge on any atom is 0.137 e. The highest BCUT2D eigenvalue weighted by Gasteiger charge is 2.30. The normalized spacial score (nSPS) is 25.5. The monoisotopic (exact) mass is 286 g/mol. The van der Waals surface area contributed by atoms with Gasteiger partial charge in [-0.3, -0.25) is 0 Å². The molecule has 1 aliphatic carbocycles. The Morgan fingerprint density at radius 2 is 2.24 bits per heavy atom. The van der Waals surface area contributed by atoms with Crippen molar-refractivity contribution in [3.8, 4) is 5.75 Å². The molecule has 0 aliphatic heterocycles. The lowest BCUT2D eigenvalue weighted by atomic mass is 9.83. The Hall–Kier alpha value is -2.04. The van der Waals surface area contributed by atoms with E-state index in [0.717, 1.165) is 30.2 Å². The molecule has 1 saturated carbocycles. The number of nitrogens with zero attached hydrogens (tertiary/aromatic N) is 3. The molecule has 1 fully saturated rings. The van der Waals surface area contributed by atoms with Crippen molar-refractivity contribution in [1.82, 2.24) is 14.8 Å². The summed E-state index contributed by atoms with van der Waals surface area (Å²) in [6.07, 6.45) is 6.95. The number of nitrogens with one attached hydrogen (secondary N) is 1. The van der Waals surface area contributed by atoms with Crippen molar-refractivity contribution in [1.29, 1.82) is 0 Å². The molecule has 1 N–H and O–H groups in total. The van der Waals surface area contributed by atoms with Gasteiger partial charge in [0, 0.05) is 17.8 Å². The van der Waals surface area contributed by atoms with E-state index in [0.29, 0.717) is 12.1 Å². The highest BCUT2D eigenvalue weighted by atomic mass is 16.5. The van der Waals surface area contributed by atoms with Crippen LogP contribution in [-0.4, -0.2) is 27.9 Å². The number of methoxy groups -OCH3 is 1. The molecule has 2 aromatic rings. The molecule has 3 unspecified atom stereocenters. The van der Waals surface area contributed by atoms with Gasteiger partial charge in [-0.15, -0.1) is 0 Å². The fraction of sp³-hybridized carbons (Fsp3) is 0.500. The molecule has 112 valence electrons. The van der Waals surface area contributed by atoms with Crippen LogP contribution in [0, 0.1) is 5.92 Å². The van der Waals surface area contributed by atoms with Gasteiger partial charge in [0.15, 0.2) is 0 Å². The number of hydrogen-bond acceptors (Lipinski definition) is 4. The molecule has 1 aromatic carbocycles. The fourth-order valence-corrected chi connectivity index (χ4v) is 3.13. The van der Waals surface area contributed by atoms with Gasteiger partial charge in [-0.05, 0) is 37.3 Å². The third-order valence-corrected chi connectivity index (χ3v) is 4.28. The summed E-state index contributed by atoms with van der Waals surface area (Å²) in [5, 5.41) is 7.99. The minimum atomic E-state index is 0.349. The van der Waals surface area contributed by atoms with Gasteiger partial charge in [-0.2, -0.15) is 5.10 Å². The quantitative estimate of drug-likeness (QED) is 0.938. The molecule has 1 aliphatic rings. The van der Waals surface area contributed by atoms with Gasteiger partial charge in [0.2, 0.25) is 0 Å². The molecule has 0 spiro atoms. The average Bonchev–Trinajstić information content (AvgIpc) is 3.03. The Balaban J connectivity index is 1.78. The fourth-order valence-electron chi connectivity index (χ4n) is 3.13. The number of rotatable bonds is 4. The Morgan fingerprint density at radius 3 is 3.00 bits per heavy atom. The van der Waals surface area contributed by atoms with Crippen molar-refractivity contribution in [2.75, 3.05) is 12.4 Å². The molecular formula is C16H22N4O. The summed E-state index contributed by atoms with van der Waals surface area (Å²) in [4.78, 5) is 4.10. The number of benzene rings is 1. The van der Waals surface area contributed by atoms with E-state index in [-0.39, 0.29) is 0 Å². The summed E-state index contributed by atoms with van der Waals surface area (Å²) in [7, 11) is 1.69. The van der Waals surface area contributed by atoms with Crippen LogP contribution in [0.4, 0.5) is 5.69 Å². The van der Waals surface area contributed by atoms with Crippen LogP contribution in [0.3, 0.4) is 0 Å². The molecule has 5 heteroatoms. The first-order valence-corrected chi connectivity index (χ1v) is 7.51. The van der Waals surface area contributed by atoms with E-state index in [1.807, 2.05) is 29.2 Å². The van der Waals surface area contributed by atoms with Crippen LogP contribution in [0.1, 0.15) is 32.2 Å². The lowest BCUT2D eigenvalue weighted by Crippen LogP contribution is -2.36. The summed E-state index contributed by atoms with van der Waals surface area (Å²) in [5.41, 5.74) is 1.10. The van der Waals surface area contributed by atoms with Crippen molar-refractivity contribution in [3.05, 3.63) is 36.9 Å². The molecule has 0 bridgehead atoms. The summed E-state index contributed by atoms with van der Waals surface area (Å²) < 4.78 is 7.29. The van der Waals surface area contributed by atoms with Crippen LogP contribution in [-0.2, 0) is 0 Å². The summed E-state index contributed by atoms with van der Waals surface area (Å²) in [6, 6.07) is 8.81. The minimum Gasteiger partial charge on any atom is -0.497 e. The largest absolute Gasteiger partial charge is 0.497 e. The Morgan fingerprint density at radius 1 is 1.33 bits per heavy atom. The second-order valence-corrected chi connectivity index (χ2v) is 5.84. The predicted octanol–water partition coefficient (Wildman–Crippen LogP) is 3.13. The van der Waals surface area contributed by atoms with E-state index in [1.165, 1.54) is 6.42 Å². The lowest BCUT2D eigenvalue weighted by molar-refractivity contribution is 0.244. The maximum atomic E-state index is 5.29. The molecule has 21 heavy (non-hydrogen) atoms. The number of ether oxygens (including phenoxy) is 1. The maximum absolute atomic E-state index is 5.29. The van der Waals surface area contributed by atoms with Crippen molar-refractivity contribution in [3.63, 3.8) is 0 Å². The zero-order valence-electron chi connectivity index (χ0n) is 12.6. The molecule has 0 saturated heterocycles. The molecule has 1 aromatic heterocycles. The second kappa shape index (κ2) is 6.16. The van der Waals surface area contributed by atoms with Crippen LogP contribution in [0.25, 0.3) is 0 Å². The van der Waals surface area contributed by atoms with Crippen LogP contribution in [0.15, 0.2) is 36.9 Å². The van der Waals surface area contributed by atoms with Gasteiger partial charge in [0.1, 0.15) is 18.4 Å². The number of anilines is 1. The van der Waals surface area contributed by atoms with Crippen molar-refractivity contribution in [2.45, 2.75) is 38.3 Å². The Kier molecular flexibility index (Phi) is 4.08. The summed E-state index contributed by atoms with van der Waals surface area (Å²) in [5.74, 6) is 1.60. The van der Waals surface area contributed by atoms with E-state index >= 15 is 0 Å². The zero-order chi connectivity index (χ0) is 14.7. The molecule has 3 rings (SSSR count). The van der Waals surface area contributed by atoms with E-state index in [1.54, 1.807) is 13.4 Å². The second-order valence-electron chi connectivity index (χ2n) is 5.84. The standard InChI is InChI=1S/C16H22N4O/c1-12-6-7-15(16(8-12)20-11-17-10-18-20)19-13-4-3-5-14(9-13)21-2/h3-5,9-12,15-16,19H,6-8H2,1-2H3.